The normalized spacial score (nSPS) is 10.4. The molecule has 4 heteroatoms. The Labute approximate surface area is 84.7 Å². The van der Waals surface area contributed by atoms with Crippen molar-refractivity contribution in [1.82, 2.24) is 9.55 Å². The number of amidine groups is 1. The van der Waals surface area contributed by atoms with Crippen molar-refractivity contribution in [2.24, 2.45) is 5.73 Å². The fourth-order valence-corrected chi connectivity index (χ4v) is 1.44. The smallest absolute Gasteiger partial charge is 0.108 e. The Kier molecular flexibility index (Phi) is 4.16. The van der Waals surface area contributed by atoms with Crippen LogP contribution in [0.4, 0.5) is 0 Å². The lowest BCUT2D eigenvalue weighted by atomic mass is 10.3. The number of nitrogens with zero attached hydrogens (tertiary/aromatic N) is 2. The van der Waals surface area contributed by atoms with Gasteiger partial charge in [0.1, 0.15) is 5.82 Å². The first kappa shape index (κ1) is 10.8. The Morgan fingerprint density at radius 2 is 2.43 bits per heavy atom. The zero-order valence-corrected chi connectivity index (χ0v) is 8.66. The molecule has 0 unspecified atom stereocenters. The van der Waals surface area contributed by atoms with Crippen molar-refractivity contribution >= 4 is 5.84 Å². The summed E-state index contributed by atoms with van der Waals surface area (Å²) in [5.41, 5.74) is 5.29. The molecule has 1 rings (SSSR count). The van der Waals surface area contributed by atoms with Crippen molar-refractivity contribution in [2.45, 2.75) is 39.2 Å². The predicted octanol–water partition coefficient (Wildman–Crippen LogP) is 1.55. The van der Waals surface area contributed by atoms with Crippen molar-refractivity contribution in [3.8, 4) is 0 Å². The molecule has 3 N–H and O–H groups in total. The number of aryl methyl sites for hydroxylation is 2. The van der Waals surface area contributed by atoms with Gasteiger partial charge in [0.05, 0.1) is 5.84 Å². The minimum absolute atomic E-state index is 0.266. The fourth-order valence-electron chi connectivity index (χ4n) is 1.44. The second-order valence-electron chi connectivity index (χ2n) is 3.42. The number of hydrogen-bond donors (Lipinski definition) is 2. The number of rotatable bonds is 6. The Bertz CT molecular complexity index is 290. The number of hydrogen-bond acceptors (Lipinski definition) is 2. The van der Waals surface area contributed by atoms with Gasteiger partial charge in [0.15, 0.2) is 0 Å². The van der Waals surface area contributed by atoms with Crippen LogP contribution >= 0.6 is 0 Å². The van der Waals surface area contributed by atoms with E-state index < -0.39 is 0 Å². The van der Waals surface area contributed by atoms with Gasteiger partial charge in [-0.1, -0.05) is 6.92 Å². The van der Waals surface area contributed by atoms with Gasteiger partial charge in [-0.2, -0.15) is 0 Å². The van der Waals surface area contributed by atoms with E-state index in [1.54, 1.807) is 0 Å². The molecule has 78 valence electrons. The Morgan fingerprint density at radius 3 is 3.07 bits per heavy atom. The van der Waals surface area contributed by atoms with Crippen LogP contribution in [0.2, 0.25) is 0 Å². The van der Waals surface area contributed by atoms with E-state index in [9.17, 15) is 0 Å². The van der Waals surface area contributed by atoms with E-state index in [-0.39, 0.29) is 5.84 Å². The van der Waals surface area contributed by atoms with Gasteiger partial charge in [0, 0.05) is 31.8 Å². The minimum Gasteiger partial charge on any atom is -0.388 e. The van der Waals surface area contributed by atoms with Gasteiger partial charge in [0.25, 0.3) is 0 Å². The maximum absolute atomic E-state index is 7.11. The summed E-state index contributed by atoms with van der Waals surface area (Å²) < 4.78 is 2.15. The van der Waals surface area contributed by atoms with E-state index in [0.717, 1.165) is 31.6 Å². The lowest BCUT2D eigenvalue weighted by Crippen LogP contribution is -2.11. The van der Waals surface area contributed by atoms with E-state index in [1.807, 2.05) is 12.4 Å². The number of nitrogens with two attached hydrogens (primary N) is 1. The van der Waals surface area contributed by atoms with Crippen LogP contribution < -0.4 is 5.73 Å². The highest BCUT2D eigenvalue weighted by molar-refractivity contribution is 5.76. The molecule has 0 spiro atoms. The largest absolute Gasteiger partial charge is 0.388 e. The molecule has 0 radical (unpaired) electrons. The topological polar surface area (TPSA) is 67.7 Å². The molecule has 0 aliphatic heterocycles. The van der Waals surface area contributed by atoms with Gasteiger partial charge in [-0.25, -0.2) is 4.98 Å². The Morgan fingerprint density at radius 1 is 1.64 bits per heavy atom. The van der Waals surface area contributed by atoms with Crippen LogP contribution in [0.15, 0.2) is 12.4 Å². The van der Waals surface area contributed by atoms with Gasteiger partial charge < -0.3 is 10.3 Å². The summed E-state index contributed by atoms with van der Waals surface area (Å²) in [5, 5.41) is 7.11. The van der Waals surface area contributed by atoms with E-state index >= 15 is 0 Å². The summed E-state index contributed by atoms with van der Waals surface area (Å²) in [6.45, 7) is 3.06. The molecule has 1 heterocycles. The molecule has 0 saturated heterocycles. The average molecular weight is 194 g/mol. The second kappa shape index (κ2) is 5.42. The minimum atomic E-state index is 0.266. The maximum atomic E-state index is 7.11. The number of nitrogens with one attached hydrogen (secondary N) is 1. The quantitative estimate of drug-likeness (QED) is 0.533. The first-order chi connectivity index (χ1) is 6.74. The van der Waals surface area contributed by atoms with Crippen LogP contribution in [-0.2, 0) is 13.0 Å². The summed E-state index contributed by atoms with van der Waals surface area (Å²) >= 11 is 0. The zero-order chi connectivity index (χ0) is 10.4. The van der Waals surface area contributed by atoms with Crippen LogP contribution in [0.1, 0.15) is 32.0 Å². The first-order valence-electron chi connectivity index (χ1n) is 5.07. The molecule has 4 nitrogen and oxygen atoms in total. The molecule has 0 aliphatic carbocycles. The van der Waals surface area contributed by atoms with Gasteiger partial charge in [0.2, 0.25) is 0 Å². The Balaban J connectivity index is 2.41. The van der Waals surface area contributed by atoms with E-state index in [0.29, 0.717) is 6.42 Å². The molecule has 0 fully saturated rings. The molecule has 0 saturated carbocycles. The lowest BCUT2D eigenvalue weighted by Gasteiger charge is -2.06. The molecule has 1 aromatic heterocycles. The summed E-state index contributed by atoms with van der Waals surface area (Å²) in [4.78, 5) is 4.28. The standard InChI is InChI=1S/C10H18N4/c1-2-4-10-13-6-8-14(10)7-3-5-9(11)12/h6,8H,2-5,7H2,1H3,(H3,11,12). The predicted molar refractivity (Wildman–Crippen MR) is 57.4 cm³/mol. The third-order valence-electron chi connectivity index (χ3n) is 2.12. The van der Waals surface area contributed by atoms with Crippen LogP contribution in [-0.4, -0.2) is 15.4 Å². The van der Waals surface area contributed by atoms with Crippen LogP contribution in [0, 0.1) is 5.41 Å². The molecule has 0 atom stereocenters. The summed E-state index contributed by atoms with van der Waals surface area (Å²) in [6, 6.07) is 0. The highest BCUT2D eigenvalue weighted by Crippen LogP contribution is 2.03. The van der Waals surface area contributed by atoms with Gasteiger partial charge in [-0.05, 0) is 12.8 Å². The number of aromatic nitrogens is 2. The second-order valence-corrected chi connectivity index (χ2v) is 3.42. The molecule has 0 amide bonds. The van der Waals surface area contributed by atoms with Crippen LogP contribution in [0.3, 0.4) is 0 Å². The molecular weight excluding hydrogens is 176 g/mol. The summed E-state index contributed by atoms with van der Waals surface area (Å²) in [7, 11) is 0. The van der Waals surface area contributed by atoms with Gasteiger partial charge in [-0.15, -0.1) is 0 Å². The summed E-state index contributed by atoms with van der Waals surface area (Å²) in [5.74, 6) is 1.40. The van der Waals surface area contributed by atoms with Crippen molar-refractivity contribution in [3.63, 3.8) is 0 Å². The SMILES string of the molecule is CCCc1nccn1CCCC(=N)N. The maximum Gasteiger partial charge on any atom is 0.108 e. The van der Waals surface area contributed by atoms with Gasteiger partial charge >= 0.3 is 0 Å². The van der Waals surface area contributed by atoms with Crippen molar-refractivity contribution in [3.05, 3.63) is 18.2 Å². The van der Waals surface area contributed by atoms with Crippen LogP contribution in [0.25, 0.3) is 0 Å². The molecule has 0 bridgehead atoms. The van der Waals surface area contributed by atoms with Crippen molar-refractivity contribution in [2.75, 3.05) is 0 Å². The third kappa shape index (κ3) is 3.20. The summed E-state index contributed by atoms with van der Waals surface area (Å²) in [6.07, 6.45) is 7.55. The van der Waals surface area contributed by atoms with E-state index in [4.69, 9.17) is 11.1 Å². The molecular formula is C10H18N4. The average Bonchev–Trinajstić information content (AvgIpc) is 2.53. The Hall–Kier alpha value is -1.32. The fraction of sp³-hybridized carbons (Fsp3) is 0.600. The van der Waals surface area contributed by atoms with Crippen molar-refractivity contribution < 1.29 is 0 Å². The first-order valence-corrected chi connectivity index (χ1v) is 5.07. The highest BCUT2D eigenvalue weighted by atomic mass is 15.1. The van der Waals surface area contributed by atoms with Crippen molar-refractivity contribution in [1.29, 1.82) is 5.41 Å². The molecule has 0 aliphatic rings. The molecule has 1 aromatic rings. The zero-order valence-electron chi connectivity index (χ0n) is 8.66. The molecule has 14 heavy (non-hydrogen) atoms. The van der Waals surface area contributed by atoms with Crippen LogP contribution in [0.5, 0.6) is 0 Å². The third-order valence-corrected chi connectivity index (χ3v) is 2.12. The lowest BCUT2D eigenvalue weighted by molar-refractivity contribution is 0.615. The van der Waals surface area contributed by atoms with E-state index in [1.165, 1.54) is 0 Å². The van der Waals surface area contributed by atoms with Gasteiger partial charge in [-0.3, -0.25) is 5.41 Å². The monoisotopic (exact) mass is 194 g/mol. The number of imidazole rings is 1. The highest BCUT2D eigenvalue weighted by Gasteiger charge is 2.00. The van der Waals surface area contributed by atoms with E-state index in [2.05, 4.69) is 16.5 Å². The molecule has 0 aromatic carbocycles.